The number of aromatic nitrogens is 2. The highest BCUT2D eigenvalue weighted by Gasteiger charge is 2.01. The molecule has 0 aliphatic heterocycles. The number of benzene rings is 1. The van der Waals surface area contributed by atoms with Gasteiger partial charge in [-0.3, -0.25) is 0 Å². The second kappa shape index (κ2) is 4.40. The van der Waals surface area contributed by atoms with Crippen LogP contribution in [0, 0.1) is 6.92 Å². The number of hydrogen-bond donors (Lipinski definition) is 1. The van der Waals surface area contributed by atoms with Gasteiger partial charge in [-0.05, 0) is 18.9 Å². The molecule has 0 bridgehead atoms. The van der Waals surface area contributed by atoms with Crippen molar-refractivity contribution in [3.05, 3.63) is 40.4 Å². The van der Waals surface area contributed by atoms with Gasteiger partial charge in [-0.15, -0.1) is 10.2 Å². The van der Waals surface area contributed by atoms with E-state index in [-0.39, 0.29) is 0 Å². The van der Waals surface area contributed by atoms with E-state index in [1.165, 1.54) is 22.5 Å². The highest BCUT2D eigenvalue weighted by atomic mass is 32.1. The highest BCUT2D eigenvalue weighted by Crippen LogP contribution is 2.14. The van der Waals surface area contributed by atoms with Crippen molar-refractivity contribution in [2.45, 2.75) is 19.8 Å². The third-order valence-electron chi connectivity index (χ3n) is 2.23. The molecule has 0 spiro atoms. The second-order valence-electron chi connectivity index (χ2n) is 3.52. The molecule has 0 fully saturated rings. The molecule has 0 amide bonds. The summed E-state index contributed by atoms with van der Waals surface area (Å²) in [6.45, 7) is 2.09. The molecule has 0 radical (unpaired) electrons. The van der Waals surface area contributed by atoms with Crippen molar-refractivity contribution in [1.29, 1.82) is 0 Å². The lowest BCUT2D eigenvalue weighted by Crippen LogP contribution is -1.90. The van der Waals surface area contributed by atoms with E-state index in [9.17, 15) is 0 Å². The van der Waals surface area contributed by atoms with Gasteiger partial charge in [0, 0.05) is 6.42 Å². The molecule has 2 rings (SSSR count). The SMILES string of the molecule is Cc1ccc(CCc2nnc(N)s2)cc1. The topological polar surface area (TPSA) is 51.8 Å². The Labute approximate surface area is 93.0 Å². The maximum absolute atomic E-state index is 5.51. The molecule has 3 nitrogen and oxygen atoms in total. The van der Waals surface area contributed by atoms with Crippen LogP contribution in [0.1, 0.15) is 16.1 Å². The summed E-state index contributed by atoms with van der Waals surface area (Å²) >= 11 is 1.47. The van der Waals surface area contributed by atoms with Crippen LogP contribution in [0.15, 0.2) is 24.3 Å². The average molecular weight is 219 g/mol. The van der Waals surface area contributed by atoms with Crippen LogP contribution in [-0.4, -0.2) is 10.2 Å². The van der Waals surface area contributed by atoms with Crippen LogP contribution in [-0.2, 0) is 12.8 Å². The fraction of sp³-hybridized carbons (Fsp3) is 0.273. The summed E-state index contributed by atoms with van der Waals surface area (Å²) in [6.07, 6.45) is 1.91. The number of aryl methyl sites for hydroxylation is 3. The fourth-order valence-corrected chi connectivity index (χ4v) is 1.98. The number of nitrogens with zero attached hydrogens (tertiary/aromatic N) is 2. The molecule has 4 heteroatoms. The molecular formula is C11H13N3S. The van der Waals surface area contributed by atoms with Gasteiger partial charge in [-0.2, -0.15) is 0 Å². The first kappa shape index (κ1) is 10.1. The van der Waals surface area contributed by atoms with E-state index in [4.69, 9.17) is 5.73 Å². The van der Waals surface area contributed by atoms with E-state index in [2.05, 4.69) is 41.4 Å². The fourth-order valence-electron chi connectivity index (χ4n) is 1.37. The van der Waals surface area contributed by atoms with Gasteiger partial charge < -0.3 is 5.73 Å². The maximum atomic E-state index is 5.51. The van der Waals surface area contributed by atoms with Crippen molar-refractivity contribution in [2.24, 2.45) is 0 Å². The molecule has 2 N–H and O–H groups in total. The summed E-state index contributed by atoms with van der Waals surface area (Å²) in [4.78, 5) is 0. The minimum absolute atomic E-state index is 0.550. The first-order valence-electron chi connectivity index (χ1n) is 4.87. The molecule has 1 heterocycles. The Hall–Kier alpha value is -1.42. The van der Waals surface area contributed by atoms with Gasteiger partial charge in [0.2, 0.25) is 5.13 Å². The molecule has 2 aromatic rings. The number of anilines is 1. The molecule has 0 aliphatic carbocycles. The van der Waals surface area contributed by atoms with Crippen LogP contribution in [0.2, 0.25) is 0 Å². The van der Waals surface area contributed by atoms with Crippen LogP contribution >= 0.6 is 11.3 Å². The van der Waals surface area contributed by atoms with Gasteiger partial charge >= 0.3 is 0 Å². The van der Waals surface area contributed by atoms with Crippen LogP contribution in [0.25, 0.3) is 0 Å². The molecule has 0 atom stereocenters. The molecule has 15 heavy (non-hydrogen) atoms. The monoisotopic (exact) mass is 219 g/mol. The van der Waals surface area contributed by atoms with Gasteiger partial charge in [-0.1, -0.05) is 41.2 Å². The van der Waals surface area contributed by atoms with Crippen LogP contribution < -0.4 is 5.73 Å². The van der Waals surface area contributed by atoms with Crippen molar-refractivity contribution in [2.75, 3.05) is 5.73 Å². The van der Waals surface area contributed by atoms with Crippen LogP contribution in [0.3, 0.4) is 0 Å². The second-order valence-corrected chi connectivity index (χ2v) is 4.61. The van der Waals surface area contributed by atoms with E-state index >= 15 is 0 Å². The highest BCUT2D eigenvalue weighted by molar-refractivity contribution is 7.15. The van der Waals surface area contributed by atoms with Crippen molar-refractivity contribution in [3.63, 3.8) is 0 Å². The van der Waals surface area contributed by atoms with E-state index in [1.54, 1.807) is 0 Å². The predicted molar refractivity (Wildman–Crippen MR) is 62.9 cm³/mol. The Morgan fingerprint density at radius 1 is 1.13 bits per heavy atom. The number of rotatable bonds is 3. The van der Waals surface area contributed by atoms with Gasteiger partial charge in [0.15, 0.2) is 0 Å². The third-order valence-corrected chi connectivity index (χ3v) is 3.04. The Kier molecular flexibility index (Phi) is 2.97. The van der Waals surface area contributed by atoms with Crippen LogP contribution in [0.5, 0.6) is 0 Å². The number of nitrogen functional groups attached to an aromatic ring is 1. The largest absolute Gasteiger partial charge is 0.374 e. The molecular weight excluding hydrogens is 206 g/mol. The lowest BCUT2D eigenvalue weighted by Gasteiger charge is -1.99. The zero-order valence-electron chi connectivity index (χ0n) is 8.60. The zero-order valence-corrected chi connectivity index (χ0v) is 9.42. The lowest BCUT2D eigenvalue weighted by atomic mass is 10.1. The molecule has 0 saturated heterocycles. The van der Waals surface area contributed by atoms with Gasteiger partial charge in [0.25, 0.3) is 0 Å². The zero-order chi connectivity index (χ0) is 10.7. The standard InChI is InChI=1S/C11H13N3S/c1-8-2-4-9(5-3-8)6-7-10-13-14-11(12)15-10/h2-5H,6-7H2,1H3,(H2,12,14). The molecule has 1 aromatic heterocycles. The normalized spacial score (nSPS) is 10.5. The van der Waals surface area contributed by atoms with Crippen molar-refractivity contribution < 1.29 is 0 Å². The van der Waals surface area contributed by atoms with Gasteiger partial charge in [-0.25, -0.2) is 0 Å². The summed E-state index contributed by atoms with van der Waals surface area (Å²) < 4.78 is 0. The smallest absolute Gasteiger partial charge is 0.203 e. The van der Waals surface area contributed by atoms with E-state index in [0.29, 0.717) is 5.13 Å². The molecule has 0 saturated carbocycles. The van der Waals surface area contributed by atoms with Crippen molar-refractivity contribution in [1.82, 2.24) is 10.2 Å². The molecule has 0 unspecified atom stereocenters. The minimum atomic E-state index is 0.550. The number of nitrogens with two attached hydrogens (primary N) is 1. The molecule has 0 aliphatic rings. The van der Waals surface area contributed by atoms with E-state index in [1.807, 2.05) is 0 Å². The van der Waals surface area contributed by atoms with Crippen molar-refractivity contribution >= 4 is 16.5 Å². The Morgan fingerprint density at radius 2 is 1.87 bits per heavy atom. The van der Waals surface area contributed by atoms with Gasteiger partial charge in [0.05, 0.1) is 0 Å². The summed E-state index contributed by atoms with van der Waals surface area (Å²) in [6, 6.07) is 8.56. The Morgan fingerprint density at radius 3 is 2.47 bits per heavy atom. The quantitative estimate of drug-likeness (QED) is 0.861. The van der Waals surface area contributed by atoms with Gasteiger partial charge in [0.1, 0.15) is 5.01 Å². The summed E-state index contributed by atoms with van der Waals surface area (Å²) in [5, 5.41) is 9.34. The average Bonchev–Trinajstić information content (AvgIpc) is 2.64. The van der Waals surface area contributed by atoms with E-state index < -0.39 is 0 Å². The first-order chi connectivity index (χ1) is 7.24. The number of hydrogen-bond acceptors (Lipinski definition) is 4. The molecule has 1 aromatic carbocycles. The Balaban J connectivity index is 1.96. The van der Waals surface area contributed by atoms with E-state index in [0.717, 1.165) is 17.8 Å². The lowest BCUT2D eigenvalue weighted by molar-refractivity contribution is 0.905. The van der Waals surface area contributed by atoms with Crippen LogP contribution in [0.4, 0.5) is 5.13 Å². The summed E-state index contributed by atoms with van der Waals surface area (Å²) in [7, 11) is 0. The molecule has 78 valence electrons. The maximum Gasteiger partial charge on any atom is 0.203 e. The predicted octanol–water partition coefficient (Wildman–Crippen LogP) is 2.21. The summed E-state index contributed by atoms with van der Waals surface area (Å²) in [5.74, 6) is 0. The minimum Gasteiger partial charge on any atom is -0.374 e. The first-order valence-corrected chi connectivity index (χ1v) is 5.69. The third kappa shape index (κ3) is 2.76. The van der Waals surface area contributed by atoms with Crippen molar-refractivity contribution in [3.8, 4) is 0 Å². The summed E-state index contributed by atoms with van der Waals surface area (Å²) in [5.41, 5.74) is 8.13. The Bertz CT molecular complexity index is 433.